The van der Waals surface area contributed by atoms with Crippen molar-refractivity contribution in [2.75, 3.05) is 25.1 Å². The average Bonchev–Trinajstić information content (AvgIpc) is 3.01. The first-order valence-corrected chi connectivity index (χ1v) is 16.7. The Balaban J connectivity index is 1.68. The summed E-state index contributed by atoms with van der Waals surface area (Å²) in [6.07, 6.45) is -0.767. The average molecular weight is 659 g/mol. The number of hydrogen-bond donors (Lipinski definition) is 2. The highest BCUT2D eigenvalue weighted by molar-refractivity contribution is 7.89. The van der Waals surface area contributed by atoms with E-state index < -0.39 is 45.8 Å². The summed E-state index contributed by atoms with van der Waals surface area (Å²) in [7, 11) is -2.72. The molecule has 1 heterocycles. The Bertz CT molecular complexity index is 1590. The van der Waals surface area contributed by atoms with Crippen molar-refractivity contribution in [3.8, 4) is 0 Å². The van der Waals surface area contributed by atoms with Gasteiger partial charge in [-0.2, -0.15) is 4.31 Å². The molecule has 1 aliphatic heterocycles. The molecule has 0 aromatic heterocycles. The highest BCUT2D eigenvalue weighted by Crippen LogP contribution is 2.33. The summed E-state index contributed by atoms with van der Waals surface area (Å²) in [5.41, 5.74) is 7.40. The Morgan fingerprint density at radius 2 is 1.73 bits per heavy atom. The summed E-state index contributed by atoms with van der Waals surface area (Å²) in [5.74, 6) is -2.00. The van der Waals surface area contributed by atoms with E-state index in [9.17, 15) is 18.0 Å². The zero-order valence-corrected chi connectivity index (χ0v) is 27.4. The fourth-order valence-corrected chi connectivity index (χ4v) is 8.07. The molecule has 3 N–H and O–H groups in total. The van der Waals surface area contributed by atoms with Crippen LogP contribution in [0.3, 0.4) is 0 Å². The molecule has 0 bridgehead atoms. The van der Waals surface area contributed by atoms with Crippen LogP contribution in [0.2, 0.25) is 5.02 Å². The highest BCUT2D eigenvalue weighted by atomic mass is 35.5. The van der Waals surface area contributed by atoms with Gasteiger partial charge in [-0.05, 0) is 67.6 Å². The van der Waals surface area contributed by atoms with E-state index >= 15 is 4.39 Å². The Kier molecular flexibility index (Phi) is 11.4. The third-order valence-electron chi connectivity index (χ3n) is 8.22. The minimum absolute atomic E-state index is 0.00445. The molecule has 4 atom stereocenters. The number of halogens is 2. The quantitative estimate of drug-likeness (QED) is 0.302. The van der Waals surface area contributed by atoms with Gasteiger partial charge in [0.15, 0.2) is 0 Å². The maximum Gasteiger partial charge on any atom is 0.420 e. The second-order valence-corrected chi connectivity index (χ2v) is 13.9. The number of amides is 2. The third-order valence-corrected chi connectivity index (χ3v) is 10.6. The molecule has 3 aromatic carbocycles. The molecule has 1 aliphatic rings. The number of imide groups is 1. The number of benzene rings is 3. The summed E-state index contributed by atoms with van der Waals surface area (Å²) in [4.78, 5) is 28.2. The van der Waals surface area contributed by atoms with Gasteiger partial charge in [-0.3, -0.25) is 4.79 Å². The van der Waals surface area contributed by atoms with E-state index in [4.69, 9.17) is 22.1 Å². The van der Waals surface area contributed by atoms with Crippen LogP contribution in [0.15, 0.2) is 77.7 Å². The van der Waals surface area contributed by atoms with Crippen LogP contribution < -0.4 is 16.0 Å². The second kappa shape index (κ2) is 14.8. The first-order chi connectivity index (χ1) is 21.4. The molecular weight excluding hydrogens is 619 g/mol. The number of anilines is 1. The molecule has 9 nitrogen and oxygen atoms in total. The number of methoxy groups -OCH3 is 1. The largest absolute Gasteiger partial charge is 0.452 e. The third kappa shape index (κ3) is 7.56. The molecule has 242 valence electrons. The molecule has 0 radical (unpaired) electrons. The van der Waals surface area contributed by atoms with E-state index in [1.807, 2.05) is 20.8 Å². The van der Waals surface area contributed by atoms with Gasteiger partial charge in [0.1, 0.15) is 5.82 Å². The standard InChI is InChI=1S/C33H40ClFN4O5S/c1-21(2)30(23-13-15-24(34)16-14-23)31(36)32(40)38(33(41)44-4)29-12-8-11-28(35)27(29)18-17-25-20-37-19-22(3)39(25)45(42,43)26-9-6-5-7-10-26/h5-16,21-22,25,30-31,37H,17-20,36H2,1-4H3/t22-,25+,30-,31+/m1/s1. The van der Waals surface area contributed by atoms with Crippen molar-refractivity contribution in [3.63, 3.8) is 0 Å². The van der Waals surface area contributed by atoms with Gasteiger partial charge in [-0.1, -0.05) is 61.8 Å². The first-order valence-electron chi connectivity index (χ1n) is 14.9. The lowest BCUT2D eigenvalue weighted by Gasteiger charge is -2.40. The van der Waals surface area contributed by atoms with Crippen LogP contribution in [-0.4, -0.2) is 63.0 Å². The molecule has 0 spiro atoms. The molecule has 0 unspecified atom stereocenters. The number of carbonyl (C=O) groups excluding carboxylic acids is 2. The lowest BCUT2D eigenvalue weighted by Crippen LogP contribution is -2.58. The molecule has 2 amide bonds. The number of piperazine rings is 1. The van der Waals surface area contributed by atoms with E-state index in [1.54, 1.807) is 54.6 Å². The van der Waals surface area contributed by atoms with E-state index in [2.05, 4.69) is 5.32 Å². The summed E-state index contributed by atoms with van der Waals surface area (Å²) < 4.78 is 49.4. The molecule has 0 saturated carbocycles. The van der Waals surface area contributed by atoms with E-state index in [0.717, 1.165) is 17.6 Å². The van der Waals surface area contributed by atoms with Gasteiger partial charge in [0, 0.05) is 41.7 Å². The molecule has 0 aliphatic carbocycles. The van der Waals surface area contributed by atoms with Crippen molar-refractivity contribution >= 4 is 39.3 Å². The van der Waals surface area contributed by atoms with Gasteiger partial charge >= 0.3 is 6.09 Å². The van der Waals surface area contributed by atoms with Gasteiger partial charge in [-0.15, -0.1) is 0 Å². The number of nitrogens with one attached hydrogen (secondary N) is 1. The number of hydrogen-bond acceptors (Lipinski definition) is 7. The number of nitrogens with zero attached hydrogens (tertiary/aromatic N) is 2. The van der Waals surface area contributed by atoms with Crippen LogP contribution >= 0.6 is 11.6 Å². The van der Waals surface area contributed by atoms with Crippen molar-refractivity contribution < 1.29 is 27.1 Å². The van der Waals surface area contributed by atoms with Crippen molar-refractivity contribution in [2.24, 2.45) is 11.7 Å². The summed E-state index contributed by atoms with van der Waals surface area (Å²) in [5, 5.41) is 3.79. The molecule has 12 heteroatoms. The fraction of sp³-hybridized carbons (Fsp3) is 0.394. The predicted octanol–water partition coefficient (Wildman–Crippen LogP) is 5.33. The maximum atomic E-state index is 15.6. The fourth-order valence-electron chi connectivity index (χ4n) is 6.08. The van der Waals surface area contributed by atoms with Crippen LogP contribution in [0.1, 0.15) is 44.2 Å². The van der Waals surface area contributed by atoms with Gasteiger partial charge in [0.2, 0.25) is 10.0 Å². The van der Waals surface area contributed by atoms with Gasteiger partial charge in [0.25, 0.3) is 5.91 Å². The molecule has 4 rings (SSSR count). The minimum atomic E-state index is -3.85. The Labute approximate surface area is 269 Å². The SMILES string of the molecule is COC(=O)N(C(=O)[C@@H](N)[C@@H](c1ccc(Cl)cc1)C(C)C)c1cccc(F)c1CC[C@H]1CNC[C@@H](C)N1S(=O)(=O)c1ccccc1. The molecular formula is C33H40ClFN4O5S. The predicted molar refractivity (Wildman–Crippen MR) is 173 cm³/mol. The lowest BCUT2D eigenvalue weighted by atomic mass is 9.82. The summed E-state index contributed by atoms with van der Waals surface area (Å²) in [6, 6.07) is 17.2. The van der Waals surface area contributed by atoms with Crippen molar-refractivity contribution in [1.29, 1.82) is 0 Å². The summed E-state index contributed by atoms with van der Waals surface area (Å²) >= 11 is 6.08. The monoisotopic (exact) mass is 658 g/mol. The van der Waals surface area contributed by atoms with Crippen molar-refractivity contribution in [1.82, 2.24) is 9.62 Å². The van der Waals surface area contributed by atoms with E-state index in [-0.39, 0.29) is 40.9 Å². The number of carbonyl (C=O) groups is 2. The topological polar surface area (TPSA) is 122 Å². The van der Waals surface area contributed by atoms with Crippen LogP contribution in [-0.2, 0) is 26.0 Å². The normalized spacial score (nSPS) is 18.8. The van der Waals surface area contributed by atoms with Gasteiger partial charge in [-0.25, -0.2) is 22.5 Å². The number of sulfonamides is 1. The zero-order chi connectivity index (χ0) is 32.9. The minimum Gasteiger partial charge on any atom is -0.452 e. The number of rotatable bonds is 10. The zero-order valence-electron chi connectivity index (χ0n) is 25.8. The van der Waals surface area contributed by atoms with Crippen LogP contribution in [0.25, 0.3) is 0 Å². The highest BCUT2D eigenvalue weighted by Gasteiger charge is 2.39. The van der Waals surface area contributed by atoms with E-state index in [0.29, 0.717) is 18.1 Å². The van der Waals surface area contributed by atoms with Gasteiger partial charge < -0.3 is 15.8 Å². The van der Waals surface area contributed by atoms with Gasteiger partial charge in [0.05, 0.1) is 23.7 Å². The number of ether oxygens (including phenoxy) is 1. The Hall–Kier alpha value is -3.35. The van der Waals surface area contributed by atoms with E-state index in [1.165, 1.54) is 22.5 Å². The molecule has 1 fully saturated rings. The second-order valence-electron chi connectivity index (χ2n) is 11.6. The summed E-state index contributed by atoms with van der Waals surface area (Å²) in [6.45, 7) is 6.45. The maximum absolute atomic E-state index is 15.6. The van der Waals surface area contributed by atoms with Crippen molar-refractivity contribution in [2.45, 2.75) is 62.6 Å². The molecule has 1 saturated heterocycles. The van der Waals surface area contributed by atoms with Crippen LogP contribution in [0.5, 0.6) is 0 Å². The van der Waals surface area contributed by atoms with Crippen LogP contribution in [0.4, 0.5) is 14.9 Å². The Morgan fingerprint density at radius 3 is 2.36 bits per heavy atom. The van der Waals surface area contributed by atoms with Crippen LogP contribution in [0, 0.1) is 11.7 Å². The smallest absolute Gasteiger partial charge is 0.420 e. The first kappa shape index (κ1) is 34.5. The Morgan fingerprint density at radius 1 is 1.07 bits per heavy atom. The molecule has 45 heavy (non-hydrogen) atoms. The molecule has 3 aromatic rings. The lowest BCUT2D eigenvalue weighted by molar-refractivity contribution is -0.120. The van der Waals surface area contributed by atoms with Crippen molar-refractivity contribution in [3.05, 3.63) is 94.8 Å². The number of nitrogens with two attached hydrogens (primary N) is 1.